The Hall–Kier alpha value is -2.37. The average Bonchev–Trinajstić information content (AvgIpc) is 3.32. The predicted molar refractivity (Wildman–Crippen MR) is 79.5 cm³/mol. The molecule has 1 aliphatic heterocycles. The van der Waals surface area contributed by atoms with E-state index in [9.17, 15) is 14.4 Å². The SMILES string of the molecule is O=C(O)CC(c1ccc(N2CC(=O)NCC2=O)cc1)C1CC1. The van der Waals surface area contributed by atoms with Crippen molar-refractivity contribution in [3.63, 3.8) is 0 Å². The zero-order chi connectivity index (χ0) is 15.7. The van der Waals surface area contributed by atoms with Crippen molar-refractivity contribution in [2.24, 2.45) is 5.92 Å². The molecule has 3 rings (SSSR count). The molecule has 6 heteroatoms. The van der Waals surface area contributed by atoms with E-state index in [0.717, 1.165) is 18.4 Å². The summed E-state index contributed by atoms with van der Waals surface area (Å²) in [6, 6.07) is 7.34. The fourth-order valence-electron chi connectivity index (χ4n) is 2.94. The van der Waals surface area contributed by atoms with Crippen LogP contribution in [0.1, 0.15) is 30.7 Å². The Morgan fingerprint density at radius 3 is 2.55 bits per heavy atom. The maximum Gasteiger partial charge on any atom is 0.303 e. The van der Waals surface area contributed by atoms with Crippen molar-refractivity contribution in [3.8, 4) is 0 Å². The van der Waals surface area contributed by atoms with Crippen LogP contribution in [0.5, 0.6) is 0 Å². The normalized spacial score (nSPS) is 19.7. The topological polar surface area (TPSA) is 86.7 Å². The fraction of sp³-hybridized carbons (Fsp3) is 0.438. The van der Waals surface area contributed by atoms with Crippen LogP contribution in [0, 0.1) is 5.92 Å². The number of rotatable bonds is 5. The van der Waals surface area contributed by atoms with Crippen molar-refractivity contribution in [1.82, 2.24) is 5.32 Å². The predicted octanol–water partition coefficient (Wildman–Crippen LogP) is 1.12. The number of amides is 2. The summed E-state index contributed by atoms with van der Waals surface area (Å²) in [7, 11) is 0. The first-order valence-electron chi connectivity index (χ1n) is 7.43. The van der Waals surface area contributed by atoms with E-state index in [2.05, 4.69) is 5.32 Å². The van der Waals surface area contributed by atoms with Crippen LogP contribution in [0.2, 0.25) is 0 Å². The molecule has 0 spiro atoms. The lowest BCUT2D eigenvalue weighted by Crippen LogP contribution is -2.51. The minimum atomic E-state index is -0.788. The highest BCUT2D eigenvalue weighted by molar-refractivity contribution is 6.04. The zero-order valence-electron chi connectivity index (χ0n) is 12.1. The van der Waals surface area contributed by atoms with Crippen molar-refractivity contribution in [3.05, 3.63) is 29.8 Å². The summed E-state index contributed by atoms with van der Waals surface area (Å²) in [5.74, 6) is -0.623. The summed E-state index contributed by atoms with van der Waals surface area (Å²) in [5, 5.41) is 11.6. The second-order valence-electron chi connectivity index (χ2n) is 5.89. The lowest BCUT2D eigenvalue weighted by atomic mass is 9.91. The first kappa shape index (κ1) is 14.6. The molecule has 1 aromatic carbocycles. The van der Waals surface area contributed by atoms with Gasteiger partial charge in [0.2, 0.25) is 11.8 Å². The minimum Gasteiger partial charge on any atom is -0.481 e. The number of hydrogen-bond acceptors (Lipinski definition) is 3. The number of carbonyl (C=O) groups is 3. The van der Waals surface area contributed by atoms with Gasteiger partial charge in [0.25, 0.3) is 0 Å². The van der Waals surface area contributed by atoms with Crippen LogP contribution in [-0.4, -0.2) is 36.0 Å². The van der Waals surface area contributed by atoms with Crippen LogP contribution in [0.15, 0.2) is 24.3 Å². The summed E-state index contributed by atoms with van der Waals surface area (Å²) in [6.07, 6.45) is 2.28. The van der Waals surface area contributed by atoms with E-state index in [1.54, 1.807) is 12.1 Å². The van der Waals surface area contributed by atoms with Gasteiger partial charge in [-0.1, -0.05) is 12.1 Å². The molecular weight excluding hydrogens is 284 g/mol. The van der Waals surface area contributed by atoms with Crippen LogP contribution in [-0.2, 0) is 14.4 Å². The highest BCUT2D eigenvalue weighted by Gasteiger charge is 2.34. The maximum absolute atomic E-state index is 11.9. The number of benzene rings is 1. The van der Waals surface area contributed by atoms with Gasteiger partial charge in [0.1, 0.15) is 6.54 Å². The second kappa shape index (κ2) is 5.79. The molecule has 1 aromatic rings. The van der Waals surface area contributed by atoms with E-state index in [0.29, 0.717) is 11.6 Å². The Kier molecular flexibility index (Phi) is 3.83. The van der Waals surface area contributed by atoms with E-state index in [4.69, 9.17) is 5.11 Å². The number of aliphatic carboxylic acids is 1. The van der Waals surface area contributed by atoms with E-state index < -0.39 is 5.97 Å². The molecule has 1 atom stereocenters. The van der Waals surface area contributed by atoms with E-state index in [1.165, 1.54) is 4.90 Å². The van der Waals surface area contributed by atoms with Crippen molar-refractivity contribution in [2.75, 3.05) is 18.0 Å². The average molecular weight is 302 g/mol. The van der Waals surface area contributed by atoms with Gasteiger partial charge < -0.3 is 15.3 Å². The Morgan fingerprint density at radius 2 is 1.95 bits per heavy atom. The molecular formula is C16H18N2O4. The first-order chi connectivity index (χ1) is 10.5. The number of piperazine rings is 1. The maximum atomic E-state index is 11.9. The molecule has 0 bridgehead atoms. The van der Waals surface area contributed by atoms with Gasteiger partial charge in [-0.3, -0.25) is 14.4 Å². The van der Waals surface area contributed by atoms with Crippen LogP contribution >= 0.6 is 0 Å². The Labute approximate surface area is 128 Å². The third-order valence-corrected chi connectivity index (χ3v) is 4.26. The summed E-state index contributed by atoms with van der Waals surface area (Å²) in [4.78, 5) is 35.7. The lowest BCUT2D eigenvalue weighted by molar-refractivity contribution is -0.137. The summed E-state index contributed by atoms with van der Waals surface area (Å²) in [6.45, 7) is 0.0453. The molecule has 1 unspecified atom stereocenters. The smallest absolute Gasteiger partial charge is 0.303 e. The summed E-state index contributed by atoms with van der Waals surface area (Å²) < 4.78 is 0. The second-order valence-corrected chi connectivity index (χ2v) is 5.89. The molecule has 2 amide bonds. The molecule has 6 nitrogen and oxygen atoms in total. The number of nitrogens with one attached hydrogen (secondary N) is 1. The van der Waals surface area contributed by atoms with Gasteiger partial charge in [0.15, 0.2) is 0 Å². The van der Waals surface area contributed by atoms with Crippen LogP contribution in [0.3, 0.4) is 0 Å². The Bertz CT molecular complexity index is 607. The lowest BCUT2D eigenvalue weighted by Gasteiger charge is -2.27. The third kappa shape index (κ3) is 3.10. The standard InChI is InChI=1S/C16H18N2O4/c19-14-9-18(15(20)8-17-14)12-5-3-11(4-6-12)13(7-16(21)22)10-1-2-10/h3-6,10,13H,1-2,7-9H2,(H,17,19)(H,21,22). The number of nitrogens with zero attached hydrogens (tertiary/aromatic N) is 1. The van der Waals surface area contributed by atoms with Crippen molar-refractivity contribution >= 4 is 23.5 Å². The Balaban J connectivity index is 1.78. The third-order valence-electron chi connectivity index (χ3n) is 4.26. The molecule has 22 heavy (non-hydrogen) atoms. The molecule has 2 fully saturated rings. The minimum absolute atomic E-state index is 0.0182. The number of anilines is 1. The van der Waals surface area contributed by atoms with Gasteiger partial charge in [0.05, 0.1) is 13.0 Å². The monoisotopic (exact) mass is 302 g/mol. The molecule has 0 aromatic heterocycles. The van der Waals surface area contributed by atoms with Gasteiger partial charge in [0, 0.05) is 5.69 Å². The van der Waals surface area contributed by atoms with Gasteiger partial charge in [-0.05, 0) is 42.4 Å². The number of carboxylic acid groups (broad SMARTS) is 1. The molecule has 1 saturated carbocycles. The Morgan fingerprint density at radius 1 is 1.27 bits per heavy atom. The summed E-state index contributed by atoms with van der Waals surface area (Å²) >= 11 is 0. The summed E-state index contributed by atoms with van der Waals surface area (Å²) in [5.41, 5.74) is 1.66. The molecule has 0 radical (unpaired) electrons. The molecule has 1 saturated heterocycles. The van der Waals surface area contributed by atoms with Gasteiger partial charge in [-0.15, -0.1) is 0 Å². The largest absolute Gasteiger partial charge is 0.481 e. The fourth-order valence-corrected chi connectivity index (χ4v) is 2.94. The van der Waals surface area contributed by atoms with Gasteiger partial charge in [-0.2, -0.15) is 0 Å². The number of carboxylic acids is 1. The van der Waals surface area contributed by atoms with Crippen molar-refractivity contribution in [2.45, 2.75) is 25.2 Å². The number of carbonyl (C=O) groups excluding carboxylic acids is 2. The van der Waals surface area contributed by atoms with Crippen molar-refractivity contribution < 1.29 is 19.5 Å². The zero-order valence-corrected chi connectivity index (χ0v) is 12.1. The van der Waals surface area contributed by atoms with E-state index in [1.807, 2.05) is 12.1 Å². The van der Waals surface area contributed by atoms with Crippen LogP contribution in [0.25, 0.3) is 0 Å². The molecule has 116 valence electrons. The molecule has 1 aliphatic carbocycles. The van der Waals surface area contributed by atoms with E-state index in [-0.39, 0.29) is 37.2 Å². The van der Waals surface area contributed by atoms with Crippen LogP contribution < -0.4 is 10.2 Å². The molecule has 1 heterocycles. The van der Waals surface area contributed by atoms with E-state index >= 15 is 0 Å². The van der Waals surface area contributed by atoms with Gasteiger partial charge >= 0.3 is 5.97 Å². The molecule has 2 N–H and O–H groups in total. The van der Waals surface area contributed by atoms with Gasteiger partial charge in [-0.25, -0.2) is 0 Å². The molecule has 2 aliphatic rings. The van der Waals surface area contributed by atoms with Crippen LogP contribution in [0.4, 0.5) is 5.69 Å². The quantitative estimate of drug-likeness (QED) is 0.853. The first-order valence-corrected chi connectivity index (χ1v) is 7.43. The highest BCUT2D eigenvalue weighted by atomic mass is 16.4. The highest BCUT2D eigenvalue weighted by Crippen LogP contribution is 2.44. The van der Waals surface area contributed by atoms with Crippen molar-refractivity contribution in [1.29, 1.82) is 0 Å². The number of hydrogen-bond donors (Lipinski definition) is 2.